The Kier molecular flexibility index (Phi) is 5.71. The highest BCUT2D eigenvalue weighted by Gasteiger charge is 2.34. The SMILES string of the molecule is CN(C)c1cccc(C(=O)NC2CC(C)(C)Oc3ccc(N)cc32)c1.Cl. The number of rotatable bonds is 3. The Balaban J connectivity index is 0.00000243. The summed E-state index contributed by atoms with van der Waals surface area (Å²) < 4.78 is 6.03. The molecular formula is C20H26ClN3O2. The molecule has 26 heavy (non-hydrogen) atoms. The van der Waals surface area contributed by atoms with Gasteiger partial charge in [0.1, 0.15) is 11.4 Å². The molecule has 0 bridgehead atoms. The third-order valence-electron chi connectivity index (χ3n) is 4.42. The van der Waals surface area contributed by atoms with Crippen molar-refractivity contribution in [1.29, 1.82) is 0 Å². The molecule has 0 spiro atoms. The first kappa shape index (κ1) is 19.9. The van der Waals surface area contributed by atoms with E-state index in [0.717, 1.165) is 17.0 Å². The molecule has 0 aromatic heterocycles. The number of hydrogen-bond acceptors (Lipinski definition) is 4. The van der Waals surface area contributed by atoms with Gasteiger partial charge in [0.2, 0.25) is 0 Å². The summed E-state index contributed by atoms with van der Waals surface area (Å²) in [7, 11) is 3.91. The minimum Gasteiger partial charge on any atom is -0.487 e. The Bertz CT molecular complexity index is 805. The number of nitrogens with two attached hydrogens (primary N) is 1. The van der Waals surface area contributed by atoms with Gasteiger partial charge in [-0.15, -0.1) is 12.4 Å². The average molecular weight is 376 g/mol. The van der Waals surface area contributed by atoms with E-state index in [1.165, 1.54) is 0 Å². The van der Waals surface area contributed by atoms with Gasteiger partial charge in [-0.05, 0) is 50.2 Å². The molecule has 0 aliphatic carbocycles. The van der Waals surface area contributed by atoms with Crippen molar-refractivity contribution >= 4 is 29.7 Å². The van der Waals surface area contributed by atoms with Crippen LogP contribution in [0.4, 0.5) is 11.4 Å². The number of ether oxygens (including phenoxy) is 1. The van der Waals surface area contributed by atoms with Crippen molar-refractivity contribution in [3.8, 4) is 5.75 Å². The number of anilines is 2. The van der Waals surface area contributed by atoms with Gasteiger partial charge in [-0.25, -0.2) is 0 Å². The monoisotopic (exact) mass is 375 g/mol. The molecule has 3 rings (SSSR count). The molecule has 5 nitrogen and oxygen atoms in total. The van der Waals surface area contributed by atoms with Crippen LogP contribution < -0.4 is 20.7 Å². The Morgan fingerprint density at radius 3 is 2.65 bits per heavy atom. The number of nitrogens with zero attached hydrogens (tertiary/aromatic N) is 1. The maximum atomic E-state index is 12.8. The largest absolute Gasteiger partial charge is 0.487 e. The van der Waals surface area contributed by atoms with Gasteiger partial charge in [-0.2, -0.15) is 0 Å². The van der Waals surface area contributed by atoms with E-state index in [-0.39, 0.29) is 30.0 Å². The lowest BCUT2D eigenvalue weighted by Crippen LogP contribution is -2.41. The van der Waals surface area contributed by atoms with E-state index in [4.69, 9.17) is 10.5 Å². The van der Waals surface area contributed by atoms with Crippen LogP contribution in [0.1, 0.15) is 42.2 Å². The first-order chi connectivity index (χ1) is 11.7. The fourth-order valence-electron chi connectivity index (χ4n) is 3.17. The van der Waals surface area contributed by atoms with E-state index in [1.807, 2.05) is 75.3 Å². The number of nitrogen functional groups attached to an aromatic ring is 1. The number of amides is 1. The Morgan fingerprint density at radius 2 is 1.96 bits per heavy atom. The second-order valence-corrected chi connectivity index (χ2v) is 7.33. The van der Waals surface area contributed by atoms with Crippen molar-refractivity contribution in [3.05, 3.63) is 53.6 Å². The second-order valence-electron chi connectivity index (χ2n) is 7.33. The lowest BCUT2D eigenvalue weighted by molar-refractivity contribution is 0.0620. The number of carbonyl (C=O) groups is 1. The highest BCUT2D eigenvalue weighted by molar-refractivity contribution is 5.95. The van der Waals surface area contributed by atoms with Crippen LogP contribution in [0.3, 0.4) is 0 Å². The van der Waals surface area contributed by atoms with Crippen LogP contribution in [-0.2, 0) is 0 Å². The lowest BCUT2D eigenvalue weighted by atomic mass is 9.89. The maximum Gasteiger partial charge on any atom is 0.251 e. The fourth-order valence-corrected chi connectivity index (χ4v) is 3.17. The van der Waals surface area contributed by atoms with E-state index < -0.39 is 0 Å². The topological polar surface area (TPSA) is 67.6 Å². The summed E-state index contributed by atoms with van der Waals surface area (Å²) in [6, 6.07) is 13.0. The van der Waals surface area contributed by atoms with Crippen molar-refractivity contribution in [2.75, 3.05) is 24.7 Å². The van der Waals surface area contributed by atoms with Crippen LogP contribution in [0.15, 0.2) is 42.5 Å². The van der Waals surface area contributed by atoms with Crippen LogP contribution in [0.25, 0.3) is 0 Å². The fraction of sp³-hybridized carbons (Fsp3) is 0.350. The molecule has 0 radical (unpaired) electrons. The van der Waals surface area contributed by atoms with E-state index in [1.54, 1.807) is 0 Å². The number of benzene rings is 2. The molecule has 1 aliphatic heterocycles. The summed E-state index contributed by atoms with van der Waals surface area (Å²) in [5, 5.41) is 3.15. The van der Waals surface area contributed by atoms with Gasteiger partial charge in [-0.1, -0.05) is 6.07 Å². The molecule has 0 saturated carbocycles. The van der Waals surface area contributed by atoms with Crippen molar-refractivity contribution < 1.29 is 9.53 Å². The summed E-state index contributed by atoms with van der Waals surface area (Å²) in [6.45, 7) is 4.05. The molecule has 140 valence electrons. The molecule has 2 aromatic rings. The third-order valence-corrected chi connectivity index (χ3v) is 4.42. The van der Waals surface area contributed by atoms with Crippen molar-refractivity contribution in [2.24, 2.45) is 0 Å². The first-order valence-corrected chi connectivity index (χ1v) is 8.42. The minimum atomic E-state index is -0.355. The van der Waals surface area contributed by atoms with Gasteiger partial charge in [0.15, 0.2) is 0 Å². The van der Waals surface area contributed by atoms with Crippen molar-refractivity contribution in [3.63, 3.8) is 0 Å². The number of carbonyl (C=O) groups excluding carboxylic acids is 1. The molecule has 1 unspecified atom stereocenters. The van der Waals surface area contributed by atoms with Crippen LogP contribution in [0.5, 0.6) is 5.75 Å². The Labute approximate surface area is 160 Å². The molecular weight excluding hydrogens is 350 g/mol. The average Bonchev–Trinajstić information content (AvgIpc) is 2.55. The van der Waals surface area contributed by atoms with Gasteiger partial charge in [0.05, 0.1) is 6.04 Å². The molecule has 0 saturated heterocycles. The Hall–Kier alpha value is -2.40. The zero-order valence-electron chi connectivity index (χ0n) is 15.6. The predicted octanol–water partition coefficient (Wildman–Crippen LogP) is 3.79. The summed E-state index contributed by atoms with van der Waals surface area (Å²) >= 11 is 0. The van der Waals surface area contributed by atoms with Crippen LogP contribution >= 0.6 is 12.4 Å². The second kappa shape index (κ2) is 7.46. The third kappa shape index (κ3) is 4.22. The lowest BCUT2D eigenvalue weighted by Gasteiger charge is -2.38. The highest BCUT2D eigenvalue weighted by atomic mass is 35.5. The zero-order valence-corrected chi connectivity index (χ0v) is 16.4. The molecule has 1 amide bonds. The van der Waals surface area contributed by atoms with Gasteiger partial charge in [0.25, 0.3) is 5.91 Å². The number of fused-ring (bicyclic) bond motifs is 1. The van der Waals surface area contributed by atoms with Gasteiger partial charge in [-0.3, -0.25) is 4.79 Å². The van der Waals surface area contributed by atoms with E-state index in [2.05, 4.69) is 5.32 Å². The maximum absolute atomic E-state index is 12.8. The summed E-state index contributed by atoms with van der Waals surface area (Å²) in [4.78, 5) is 14.8. The minimum absolute atomic E-state index is 0. The first-order valence-electron chi connectivity index (χ1n) is 8.42. The van der Waals surface area contributed by atoms with E-state index >= 15 is 0 Å². The zero-order chi connectivity index (χ0) is 18.2. The van der Waals surface area contributed by atoms with Crippen LogP contribution in [0.2, 0.25) is 0 Å². The quantitative estimate of drug-likeness (QED) is 0.801. The van der Waals surface area contributed by atoms with Gasteiger partial charge >= 0.3 is 0 Å². The summed E-state index contributed by atoms with van der Waals surface area (Å²) in [5.41, 5.74) is 8.80. The molecule has 2 aromatic carbocycles. The van der Waals surface area contributed by atoms with E-state index in [9.17, 15) is 4.79 Å². The van der Waals surface area contributed by atoms with E-state index in [0.29, 0.717) is 17.7 Å². The molecule has 1 atom stereocenters. The smallest absolute Gasteiger partial charge is 0.251 e. The highest BCUT2D eigenvalue weighted by Crippen LogP contribution is 2.40. The van der Waals surface area contributed by atoms with Gasteiger partial charge in [0, 0.05) is 43.0 Å². The molecule has 1 heterocycles. The van der Waals surface area contributed by atoms with Crippen LogP contribution in [0, 0.1) is 0 Å². The number of hydrogen-bond donors (Lipinski definition) is 2. The summed E-state index contributed by atoms with van der Waals surface area (Å²) in [5.74, 6) is 0.678. The molecule has 6 heteroatoms. The summed E-state index contributed by atoms with van der Waals surface area (Å²) in [6.07, 6.45) is 0.683. The predicted molar refractivity (Wildman–Crippen MR) is 108 cm³/mol. The number of nitrogens with one attached hydrogen (secondary N) is 1. The normalized spacial score (nSPS) is 17.3. The van der Waals surface area contributed by atoms with Crippen molar-refractivity contribution in [2.45, 2.75) is 31.9 Å². The molecule has 3 N–H and O–H groups in total. The standard InChI is InChI=1S/C20H25N3O2.ClH/c1-20(2)12-17(16-11-14(21)8-9-18(16)25-20)22-19(24)13-6-5-7-15(10-13)23(3)4;/h5-11,17H,12,21H2,1-4H3,(H,22,24);1H. The van der Waals surface area contributed by atoms with Crippen molar-refractivity contribution in [1.82, 2.24) is 5.32 Å². The number of halogens is 1. The Morgan fingerprint density at radius 1 is 1.23 bits per heavy atom. The van der Waals surface area contributed by atoms with Crippen LogP contribution in [-0.4, -0.2) is 25.6 Å². The molecule has 0 fully saturated rings. The molecule has 1 aliphatic rings. The van der Waals surface area contributed by atoms with Gasteiger partial charge < -0.3 is 20.7 Å².